The second-order valence-electron chi connectivity index (χ2n) is 2.41. The maximum Gasteiger partial charge on any atom is 0 e. The third kappa shape index (κ3) is 4.85. The standard InChI is InChI=1S/C11H12N.CH3.Y/c1-2-3-6-10-7-4-5-8-11(10)9-12;;/h2-5,7-8H,1,9,12H2;1H3;/q2*-1;. The topological polar surface area (TPSA) is 26.0 Å². The second-order valence-corrected chi connectivity index (χ2v) is 2.41. The summed E-state index contributed by atoms with van der Waals surface area (Å²) in [4.78, 5) is 0. The van der Waals surface area contributed by atoms with Gasteiger partial charge in [-0.15, -0.1) is 54.1 Å². The number of rotatable bonds is 3. The molecule has 0 saturated carbocycles. The van der Waals surface area contributed by atoms with Crippen molar-refractivity contribution >= 4 is 0 Å². The maximum absolute atomic E-state index is 5.54. The summed E-state index contributed by atoms with van der Waals surface area (Å²) in [6.07, 6.45) is 6.58. The molecule has 14 heavy (non-hydrogen) atoms. The summed E-state index contributed by atoms with van der Waals surface area (Å²) >= 11 is 0. The molecular formula is C12H15NY-2. The van der Waals surface area contributed by atoms with Crippen LogP contribution in [0.5, 0.6) is 0 Å². The van der Waals surface area contributed by atoms with Gasteiger partial charge in [0, 0.05) is 32.7 Å². The van der Waals surface area contributed by atoms with Gasteiger partial charge in [0.15, 0.2) is 0 Å². The average molecular weight is 262 g/mol. The second kappa shape index (κ2) is 9.32. The van der Waals surface area contributed by atoms with Gasteiger partial charge in [0.1, 0.15) is 0 Å². The van der Waals surface area contributed by atoms with Crippen LogP contribution in [0.2, 0.25) is 0 Å². The van der Waals surface area contributed by atoms with Gasteiger partial charge in [0.25, 0.3) is 0 Å². The molecule has 1 rings (SSSR count). The van der Waals surface area contributed by atoms with Crippen LogP contribution in [0.3, 0.4) is 0 Å². The number of hydrogen-bond acceptors (Lipinski definition) is 1. The van der Waals surface area contributed by atoms with Crippen molar-refractivity contribution < 1.29 is 32.7 Å². The number of nitrogens with two attached hydrogens (primary N) is 1. The number of benzene rings is 1. The van der Waals surface area contributed by atoms with Gasteiger partial charge in [-0.1, -0.05) is 6.07 Å². The third-order valence-electron chi connectivity index (χ3n) is 1.59. The molecule has 0 fully saturated rings. The zero-order chi connectivity index (χ0) is 8.81. The van der Waals surface area contributed by atoms with Crippen molar-refractivity contribution in [2.45, 2.75) is 6.54 Å². The molecule has 0 aromatic heterocycles. The van der Waals surface area contributed by atoms with Crippen molar-refractivity contribution in [2.75, 3.05) is 0 Å². The average Bonchev–Trinajstić information content (AvgIpc) is 2.15. The predicted octanol–water partition coefficient (Wildman–Crippen LogP) is 2.49. The zero-order valence-corrected chi connectivity index (χ0v) is 11.4. The van der Waals surface area contributed by atoms with Crippen LogP contribution in [0.1, 0.15) is 11.1 Å². The van der Waals surface area contributed by atoms with E-state index in [1.165, 1.54) is 0 Å². The molecule has 0 amide bonds. The van der Waals surface area contributed by atoms with Crippen LogP contribution in [-0.2, 0) is 39.3 Å². The monoisotopic (exact) mass is 262 g/mol. The molecule has 0 spiro atoms. The van der Waals surface area contributed by atoms with Crippen LogP contribution in [0.4, 0.5) is 0 Å². The minimum Gasteiger partial charge on any atom is -0.358 e. The zero-order valence-electron chi connectivity index (χ0n) is 8.53. The number of allylic oxidation sites excluding steroid dienone is 2. The van der Waals surface area contributed by atoms with Crippen LogP contribution in [0, 0.1) is 13.5 Å². The normalized spacial score (nSPS) is 8.93. The largest absolute Gasteiger partial charge is 0.358 e. The van der Waals surface area contributed by atoms with E-state index in [4.69, 9.17) is 5.73 Å². The molecule has 0 heterocycles. The van der Waals surface area contributed by atoms with E-state index in [1.807, 2.05) is 24.3 Å². The van der Waals surface area contributed by atoms with Gasteiger partial charge in [-0.25, -0.2) is 0 Å². The molecule has 0 aliphatic heterocycles. The molecule has 2 heteroatoms. The first-order chi connectivity index (χ1) is 5.88. The fourth-order valence-corrected chi connectivity index (χ4v) is 0.988. The van der Waals surface area contributed by atoms with E-state index in [-0.39, 0.29) is 40.1 Å². The summed E-state index contributed by atoms with van der Waals surface area (Å²) in [5.74, 6) is 0. The molecule has 0 bridgehead atoms. The van der Waals surface area contributed by atoms with Crippen LogP contribution in [0.15, 0.2) is 43.0 Å². The first-order valence-corrected chi connectivity index (χ1v) is 3.87. The van der Waals surface area contributed by atoms with Crippen LogP contribution in [0.25, 0.3) is 0 Å². The van der Waals surface area contributed by atoms with Crippen molar-refractivity contribution in [1.29, 1.82) is 0 Å². The Bertz CT molecular complexity index is 292. The summed E-state index contributed by atoms with van der Waals surface area (Å²) in [6, 6.07) is 7.93. The molecule has 0 aliphatic rings. The van der Waals surface area contributed by atoms with Crippen molar-refractivity contribution in [1.82, 2.24) is 0 Å². The summed E-state index contributed by atoms with van der Waals surface area (Å²) in [7, 11) is 0. The summed E-state index contributed by atoms with van der Waals surface area (Å²) in [6.45, 7) is 4.13. The third-order valence-corrected chi connectivity index (χ3v) is 1.59. The first-order valence-electron chi connectivity index (χ1n) is 3.87. The predicted molar refractivity (Wildman–Crippen MR) is 57.9 cm³/mol. The van der Waals surface area contributed by atoms with E-state index in [2.05, 4.69) is 12.7 Å². The Morgan fingerprint density at radius 3 is 2.57 bits per heavy atom. The van der Waals surface area contributed by atoms with Gasteiger partial charge in [0.2, 0.25) is 0 Å². The molecule has 2 N–H and O–H groups in total. The Morgan fingerprint density at radius 2 is 2.00 bits per heavy atom. The minimum atomic E-state index is 0. The molecule has 73 valence electrons. The van der Waals surface area contributed by atoms with Gasteiger partial charge in [-0.2, -0.15) is 0 Å². The molecule has 0 aliphatic carbocycles. The maximum atomic E-state index is 5.54. The SMILES string of the molecule is C=CC=[C-]c1ccccc1CN.[CH3-].[Y]. The Hall–Kier alpha value is -0.236. The Kier molecular flexibility index (Phi) is 10.8. The van der Waals surface area contributed by atoms with E-state index in [0.29, 0.717) is 6.54 Å². The van der Waals surface area contributed by atoms with Crippen molar-refractivity contribution in [3.8, 4) is 0 Å². The minimum absolute atomic E-state index is 0. The smallest absolute Gasteiger partial charge is 0 e. The fraction of sp³-hybridized carbons (Fsp3) is 0.0833. The molecule has 1 aromatic carbocycles. The van der Waals surface area contributed by atoms with Gasteiger partial charge < -0.3 is 13.2 Å². The van der Waals surface area contributed by atoms with Gasteiger partial charge in [-0.3, -0.25) is 0 Å². The molecule has 1 nitrogen and oxygen atoms in total. The van der Waals surface area contributed by atoms with E-state index >= 15 is 0 Å². The van der Waals surface area contributed by atoms with E-state index < -0.39 is 0 Å². The van der Waals surface area contributed by atoms with Crippen molar-refractivity contribution in [3.63, 3.8) is 0 Å². The van der Waals surface area contributed by atoms with Crippen molar-refractivity contribution in [3.05, 3.63) is 67.6 Å². The van der Waals surface area contributed by atoms with Crippen molar-refractivity contribution in [2.24, 2.45) is 5.73 Å². The van der Waals surface area contributed by atoms with Crippen LogP contribution in [-0.4, -0.2) is 0 Å². The summed E-state index contributed by atoms with van der Waals surface area (Å²) in [5.41, 5.74) is 7.69. The molecule has 0 atom stereocenters. The Balaban J connectivity index is 0. The van der Waals surface area contributed by atoms with Crippen LogP contribution >= 0.6 is 0 Å². The van der Waals surface area contributed by atoms with Gasteiger partial charge >= 0.3 is 0 Å². The molecule has 0 saturated heterocycles. The van der Waals surface area contributed by atoms with Crippen LogP contribution < -0.4 is 5.73 Å². The van der Waals surface area contributed by atoms with E-state index in [9.17, 15) is 0 Å². The summed E-state index contributed by atoms with van der Waals surface area (Å²) in [5, 5.41) is 0. The first kappa shape index (κ1) is 16.2. The van der Waals surface area contributed by atoms with E-state index in [1.54, 1.807) is 12.2 Å². The molecule has 0 unspecified atom stereocenters. The van der Waals surface area contributed by atoms with E-state index in [0.717, 1.165) is 11.1 Å². The molecule has 1 aromatic rings. The molecular weight excluding hydrogens is 247 g/mol. The van der Waals surface area contributed by atoms with Gasteiger partial charge in [0.05, 0.1) is 0 Å². The summed E-state index contributed by atoms with van der Waals surface area (Å²) < 4.78 is 0. The fourth-order valence-electron chi connectivity index (χ4n) is 0.988. The number of hydrogen-bond donors (Lipinski definition) is 1. The molecule has 1 radical (unpaired) electrons. The quantitative estimate of drug-likeness (QED) is 0.657. The Labute approximate surface area is 112 Å². The van der Waals surface area contributed by atoms with Gasteiger partial charge in [-0.05, 0) is 6.54 Å². The Morgan fingerprint density at radius 1 is 1.36 bits per heavy atom.